The van der Waals surface area contributed by atoms with Crippen LogP contribution in [0.4, 0.5) is 11.9 Å². The molecule has 0 amide bonds. The zero-order chi connectivity index (χ0) is 14.5. The van der Waals surface area contributed by atoms with E-state index in [9.17, 15) is 0 Å². The van der Waals surface area contributed by atoms with Gasteiger partial charge in [0.2, 0.25) is 17.2 Å². The van der Waals surface area contributed by atoms with Crippen molar-refractivity contribution in [3.8, 4) is 0 Å². The maximum absolute atomic E-state index is 5.90. The van der Waals surface area contributed by atoms with Crippen molar-refractivity contribution < 1.29 is 0 Å². The average Bonchev–Trinajstić information content (AvgIpc) is 2.91. The molecule has 0 atom stereocenters. The van der Waals surface area contributed by atoms with Gasteiger partial charge < -0.3 is 15.1 Å². The molecule has 0 saturated heterocycles. The highest BCUT2D eigenvalue weighted by molar-refractivity contribution is 6.28. The number of aromatic nitrogens is 3. The Morgan fingerprint density at radius 1 is 1.15 bits per heavy atom. The van der Waals surface area contributed by atoms with Crippen molar-refractivity contribution >= 4 is 23.5 Å². The molecule has 0 bridgehead atoms. The summed E-state index contributed by atoms with van der Waals surface area (Å²) in [6, 6.07) is 0.732. The number of likely N-dealkylation sites (N-methyl/N-ethyl adjacent to an activating group) is 1. The molecular weight excluding hydrogens is 276 g/mol. The third kappa shape index (κ3) is 4.18. The van der Waals surface area contributed by atoms with Crippen LogP contribution in [0.3, 0.4) is 0 Å². The van der Waals surface area contributed by atoms with Crippen LogP contribution in [0.2, 0.25) is 5.28 Å². The number of hydrogen-bond acceptors (Lipinski definition) is 6. The second-order valence-electron chi connectivity index (χ2n) is 5.47. The Morgan fingerprint density at radius 2 is 1.85 bits per heavy atom. The second-order valence-corrected chi connectivity index (χ2v) is 5.81. The minimum absolute atomic E-state index is 0.218. The van der Waals surface area contributed by atoms with E-state index in [2.05, 4.69) is 32.2 Å². The summed E-state index contributed by atoms with van der Waals surface area (Å²) in [5.74, 6) is 1.10. The molecule has 1 N–H and O–H groups in total. The molecule has 0 aliphatic heterocycles. The quantitative estimate of drug-likeness (QED) is 0.865. The van der Waals surface area contributed by atoms with E-state index in [1.807, 2.05) is 19.0 Å². The molecule has 20 heavy (non-hydrogen) atoms. The minimum Gasteiger partial charge on any atom is -0.353 e. The van der Waals surface area contributed by atoms with Gasteiger partial charge in [-0.05, 0) is 31.5 Å². The smallest absolute Gasteiger partial charge is 0.230 e. The lowest BCUT2D eigenvalue weighted by molar-refractivity contribution is 0.254. The highest BCUT2D eigenvalue weighted by atomic mass is 35.5. The van der Waals surface area contributed by atoms with E-state index in [1.165, 1.54) is 25.7 Å². The Hall–Kier alpha value is -1.14. The van der Waals surface area contributed by atoms with Gasteiger partial charge in [0.25, 0.3) is 0 Å². The van der Waals surface area contributed by atoms with E-state index in [-0.39, 0.29) is 5.28 Å². The van der Waals surface area contributed by atoms with Gasteiger partial charge in [-0.25, -0.2) is 0 Å². The van der Waals surface area contributed by atoms with Gasteiger partial charge in [-0.1, -0.05) is 12.8 Å². The van der Waals surface area contributed by atoms with Crippen LogP contribution in [0.1, 0.15) is 25.7 Å². The third-order valence-corrected chi connectivity index (χ3v) is 3.86. The monoisotopic (exact) mass is 298 g/mol. The zero-order valence-electron chi connectivity index (χ0n) is 12.4. The summed E-state index contributed by atoms with van der Waals surface area (Å²) in [6.07, 6.45) is 5.35. The number of anilines is 2. The van der Waals surface area contributed by atoms with E-state index in [0.29, 0.717) is 11.9 Å². The first-order valence-corrected chi connectivity index (χ1v) is 7.47. The Balaban J connectivity index is 1.84. The molecule has 1 fully saturated rings. The number of nitrogens with one attached hydrogen (secondary N) is 1. The van der Waals surface area contributed by atoms with Crippen LogP contribution in [0, 0.1) is 0 Å². The van der Waals surface area contributed by atoms with Crippen molar-refractivity contribution in [2.45, 2.75) is 31.7 Å². The Kier molecular flexibility index (Phi) is 5.37. The van der Waals surface area contributed by atoms with E-state index in [1.54, 1.807) is 0 Å². The molecule has 112 valence electrons. The van der Waals surface area contributed by atoms with Crippen LogP contribution in [0.15, 0.2) is 0 Å². The van der Waals surface area contributed by atoms with Gasteiger partial charge in [-0.3, -0.25) is 0 Å². The SMILES string of the molecule is CN(C)c1nc(Cl)nc(NCCN(C)C2CCCC2)n1. The summed E-state index contributed by atoms with van der Waals surface area (Å²) in [7, 11) is 5.94. The molecule has 1 heterocycles. The Morgan fingerprint density at radius 3 is 2.50 bits per heavy atom. The first kappa shape index (κ1) is 15.3. The fourth-order valence-corrected chi connectivity index (χ4v) is 2.65. The van der Waals surface area contributed by atoms with E-state index in [0.717, 1.165) is 19.1 Å². The molecule has 1 aromatic rings. The van der Waals surface area contributed by atoms with Gasteiger partial charge >= 0.3 is 0 Å². The highest BCUT2D eigenvalue weighted by Crippen LogP contribution is 2.22. The number of hydrogen-bond donors (Lipinski definition) is 1. The fraction of sp³-hybridized carbons (Fsp3) is 0.769. The maximum Gasteiger partial charge on any atom is 0.230 e. The number of rotatable bonds is 6. The Bertz CT molecular complexity index is 433. The normalized spacial score (nSPS) is 15.8. The third-order valence-electron chi connectivity index (χ3n) is 3.69. The van der Waals surface area contributed by atoms with E-state index >= 15 is 0 Å². The molecule has 2 rings (SSSR count). The largest absolute Gasteiger partial charge is 0.353 e. The molecule has 1 aromatic heterocycles. The molecule has 6 nitrogen and oxygen atoms in total. The molecule has 0 aromatic carbocycles. The standard InChI is InChI=1S/C13H23ClN6/c1-19(2)13-17-11(14)16-12(18-13)15-8-9-20(3)10-6-4-5-7-10/h10H,4-9H2,1-3H3,(H,15,16,17,18). The van der Waals surface area contributed by atoms with E-state index < -0.39 is 0 Å². The minimum atomic E-state index is 0.218. The van der Waals surface area contributed by atoms with E-state index in [4.69, 9.17) is 11.6 Å². The van der Waals surface area contributed by atoms with Crippen LogP contribution in [-0.4, -0.2) is 60.1 Å². The summed E-state index contributed by atoms with van der Waals surface area (Å²) in [6.45, 7) is 1.78. The lowest BCUT2D eigenvalue weighted by Gasteiger charge is -2.23. The fourth-order valence-electron chi connectivity index (χ4n) is 2.49. The summed E-state index contributed by atoms with van der Waals surface area (Å²) in [5, 5.41) is 3.44. The van der Waals surface area contributed by atoms with Crippen molar-refractivity contribution in [2.75, 3.05) is 44.4 Å². The van der Waals surface area contributed by atoms with Crippen LogP contribution in [0.25, 0.3) is 0 Å². The summed E-state index contributed by atoms with van der Waals surface area (Å²) in [5.41, 5.74) is 0. The van der Waals surface area contributed by atoms with Gasteiger partial charge in [0.05, 0.1) is 0 Å². The number of nitrogens with zero attached hydrogens (tertiary/aromatic N) is 5. The molecule has 7 heteroatoms. The summed E-state index contributed by atoms with van der Waals surface area (Å²) in [4.78, 5) is 16.7. The lowest BCUT2D eigenvalue weighted by Crippen LogP contribution is -2.33. The van der Waals surface area contributed by atoms with Crippen molar-refractivity contribution in [1.29, 1.82) is 0 Å². The van der Waals surface area contributed by atoms with Crippen LogP contribution in [0.5, 0.6) is 0 Å². The maximum atomic E-state index is 5.90. The van der Waals surface area contributed by atoms with Gasteiger partial charge in [-0.15, -0.1) is 0 Å². The van der Waals surface area contributed by atoms with Gasteiger partial charge in [0.15, 0.2) is 0 Å². The molecule has 1 aliphatic rings. The summed E-state index contributed by atoms with van der Waals surface area (Å²) >= 11 is 5.90. The predicted molar refractivity (Wildman–Crippen MR) is 82.5 cm³/mol. The molecule has 1 aliphatic carbocycles. The van der Waals surface area contributed by atoms with Gasteiger partial charge in [0, 0.05) is 33.2 Å². The zero-order valence-corrected chi connectivity index (χ0v) is 13.2. The first-order chi connectivity index (χ1) is 9.56. The van der Waals surface area contributed by atoms with Crippen LogP contribution >= 0.6 is 11.6 Å². The predicted octanol–water partition coefficient (Wildman–Crippen LogP) is 1.88. The van der Waals surface area contributed by atoms with Gasteiger partial charge in [0.1, 0.15) is 0 Å². The summed E-state index contributed by atoms with van der Waals surface area (Å²) < 4.78 is 0. The Labute approximate surface area is 125 Å². The lowest BCUT2D eigenvalue weighted by atomic mass is 10.2. The molecule has 1 saturated carbocycles. The molecule has 0 spiro atoms. The molecule has 0 unspecified atom stereocenters. The van der Waals surface area contributed by atoms with Crippen molar-refractivity contribution in [3.05, 3.63) is 5.28 Å². The molecule has 0 radical (unpaired) electrons. The van der Waals surface area contributed by atoms with Gasteiger partial charge in [-0.2, -0.15) is 15.0 Å². The van der Waals surface area contributed by atoms with Crippen molar-refractivity contribution in [3.63, 3.8) is 0 Å². The van der Waals surface area contributed by atoms with Crippen LogP contribution < -0.4 is 10.2 Å². The topological polar surface area (TPSA) is 57.2 Å². The second kappa shape index (κ2) is 7.04. The van der Waals surface area contributed by atoms with Crippen molar-refractivity contribution in [2.24, 2.45) is 0 Å². The molecular formula is C13H23ClN6. The van der Waals surface area contributed by atoms with Crippen LogP contribution in [-0.2, 0) is 0 Å². The van der Waals surface area contributed by atoms with Crippen molar-refractivity contribution in [1.82, 2.24) is 19.9 Å². The average molecular weight is 299 g/mol. The first-order valence-electron chi connectivity index (χ1n) is 7.09. The highest BCUT2D eigenvalue weighted by Gasteiger charge is 2.18. The number of halogens is 1.